The summed E-state index contributed by atoms with van der Waals surface area (Å²) in [6.45, 7) is 13.2. The van der Waals surface area contributed by atoms with Crippen LogP contribution in [0.15, 0.2) is 36.7 Å². The lowest BCUT2D eigenvalue weighted by Gasteiger charge is -2.36. The molecule has 0 radical (unpaired) electrons. The number of morpholine rings is 1. The Hall–Kier alpha value is -3.08. The Morgan fingerprint density at radius 1 is 1.14 bits per heavy atom. The summed E-state index contributed by atoms with van der Waals surface area (Å²) < 4.78 is 6.70. The van der Waals surface area contributed by atoms with E-state index in [0.29, 0.717) is 24.7 Å². The Labute approximate surface area is 209 Å². The van der Waals surface area contributed by atoms with E-state index in [9.17, 15) is 4.79 Å². The number of pyridine rings is 1. The second-order valence-corrected chi connectivity index (χ2v) is 10.0. The predicted octanol–water partition coefficient (Wildman–Crippen LogP) is 2.28. The SMILES string of the molecule is C=C(C(=O)NC)N1CCN(Cc2cc3nc(-c4ccc(C)nc4)nc(N4CCOCC4)c3s2)CC1. The molecule has 0 bridgehead atoms. The van der Waals surface area contributed by atoms with E-state index < -0.39 is 0 Å². The van der Waals surface area contributed by atoms with Crippen LogP contribution in [-0.2, 0) is 16.1 Å². The van der Waals surface area contributed by atoms with Crippen molar-refractivity contribution < 1.29 is 9.53 Å². The van der Waals surface area contributed by atoms with Gasteiger partial charge in [-0.1, -0.05) is 6.58 Å². The van der Waals surface area contributed by atoms with Crippen LogP contribution < -0.4 is 10.2 Å². The first-order valence-electron chi connectivity index (χ1n) is 12.0. The number of carbonyl (C=O) groups is 1. The molecule has 0 unspecified atom stereocenters. The number of rotatable bonds is 6. The maximum absolute atomic E-state index is 11.9. The van der Waals surface area contributed by atoms with Gasteiger partial charge in [0.2, 0.25) is 0 Å². The summed E-state index contributed by atoms with van der Waals surface area (Å²) in [7, 11) is 1.64. The molecule has 5 rings (SSSR count). The first-order chi connectivity index (χ1) is 17.0. The van der Waals surface area contributed by atoms with Gasteiger partial charge in [0.15, 0.2) is 11.6 Å². The molecule has 0 aliphatic carbocycles. The fraction of sp³-hybridized carbons (Fsp3) is 0.440. The van der Waals surface area contributed by atoms with E-state index in [0.717, 1.165) is 73.1 Å². The molecule has 0 spiro atoms. The van der Waals surface area contributed by atoms with Crippen LogP contribution in [0.4, 0.5) is 5.82 Å². The molecule has 1 amide bonds. The maximum Gasteiger partial charge on any atom is 0.266 e. The van der Waals surface area contributed by atoms with Gasteiger partial charge in [0.25, 0.3) is 5.91 Å². The number of likely N-dealkylation sites (N-methyl/N-ethyl adjacent to an activating group) is 1. The van der Waals surface area contributed by atoms with Gasteiger partial charge in [-0.15, -0.1) is 11.3 Å². The number of aromatic nitrogens is 3. The van der Waals surface area contributed by atoms with E-state index >= 15 is 0 Å². The lowest BCUT2D eigenvalue weighted by atomic mass is 10.2. The lowest BCUT2D eigenvalue weighted by molar-refractivity contribution is -0.118. The highest BCUT2D eigenvalue weighted by atomic mass is 32.1. The lowest BCUT2D eigenvalue weighted by Crippen LogP contribution is -2.47. The number of nitrogens with zero attached hydrogens (tertiary/aromatic N) is 6. The zero-order chi connectivity index (χ0) is 24.4. The quantitative estimate of drug-likeness (QED) is 0.524. The summed E-state index contributed by atoms with van der Waals surface area (Å²) in [6, 6.07) is 6.23. The average molecular weight is 494 g/mol. The topological polar surface area (TPSA) is 86.7 Å². The minimum atomic E-state index is -0.114. The number of piperazine rings is 1. The molecule has 0 atom stereocenters. The van der Waals surface area contributed by atoms with Crippen LogP contribution in [0.5, 0.6) is 0 Å². The molecular formula is C25H31N7O2S. The first-order valence-corrected chi connectivity index (χ1v) is 12.8. The smallest absolute Gasteiger partial charge is 0.266 e. The molecule has 2 aliphatic rings. The molecule has 35 heavy (non-hydrogen) atoms. The van der Waals surface area contributed by atoms with Crippen molar-refractivity contribution in [1.82, 2.24) is 30.1 Å². The van der Waals surface area contributed by atoms with E-state index in [1.54, 1.807) is 18.4 Å². The van der Waals surface area contributed by atoms with Crippen molar-refractivity contribution >= 4 is 33.3 Å². The summed E-state index contributed by atoms with van der Waals surface area (Å²) in [5.41, 5.74) is 3.41. The molecule has 2 fully saturated rings. The molecule has 3 aromatic rings. The standard InChI is InChI=1S/C25H31N7O2S/c1-17-4-5-19(15-27-17)23-28-21-14-20(35-22(21)24(29-23)32-10-12-34-13-11-32)16-30-6-8-31(9-7-30)18(2)25(33)26-3/h4-5,14-15H,2,6-13,16H2,1,3H3,(H,26,33). The number of carbonyl (C=O) groups excluding carboxylic acids is 1. The molecule has 9 nitrogen and oxygen atoms in total. The van der Waals surface area contributed by atoms with Gasteiger partial charge in [0.1, 0.15) is 0 Å². The van der Waals surface area contributed by atoms with Crippen molar-refractivity contribution in [2.75, 3.05) is 64.4 Å². The summed E-state index contributed by atoms with van der Waals surface area (Å²) in [5, 5.41) is 2.66. The second-order valence-electron chi connectivity index (χ2n) is 8.87. The number of anilines is 1. The van der Waals surface area contributed by atoms with Crippen molar-refractivity contribution in [3.63, 3.8) is 0 Å². The number of amides is 1. The van der Waals surface area contributed by atoms with Gasteiger partial charge in [-0.25, -0.2) is 9.97 Å². The molecule has 10 heteroatoms. The van der Waals surface area contributed by atoms with Gasteiger partial charge in [-0.05, 0) is 25.1 Å². The molecule has 0 saturated carbocycles. The number of aryl methyl sites for hydroxylation is 1. The van der Waals surface area contributed by atoms with Crippen LogP contribution in [-0.4, -0.2) is 90.2 Å². The van der Waals surface area contributed by atoms with Gasteiger partial charge in [-0.2, -0.15) is 0 Å². The van der Waals surface area contributed by atoms with Gasteiger partial charge < -0.3 is 19.9 Å². The molecule has 184 valence electrons. The monoisotopic (exact) mass is 493 g/mol. The molecule has 3 aromatic heterocycles. The highest BCUT2D eigenvalue weighted by molar-refractivity contribution is 7.19. The fourth-order valence-electron chi connectivity index (χ4n) is 4.45. The molecular weight excluding hydrogens is 462 g/mol. The summed E-state index contributed by atoms with van der Waals surface area (Å²) in [5.74, 6) is 1.57. The van der Waals surface area contributed by atoms with Crippen molar-refractivity contribution in [3.8, 4) is 11.4 Å². The molecule has 2 aliphatic heterocycles. The number of ether oxygens (including phenoxy) is 1. The van der Waals surface area contributed by atoms with E-state index in [-0.39, 0.29) is 5.91 Å². The number of thiophene rings is 1. The fourth-order valence-corrected chi connectivity index (χ4v) is 5.60. The predicted molar refractivity (Wildman–Crippen MR) is 138 cm³/mol. The van der Waals surface area contributed by atoms with Crippen molar-refractivity contribution in [3.05, 3.63) is 47.2 Å². The first kappa shape index (κ1) is 23.7. The summed E-state index contributed by atoms with van der Waals surface area (Å²) in [6.07, 6.45) is 1.85. The highest BCUT2D eigenvalue weighted by Gasteiger charge is 2.23. The van der Waals surface area contributed by atoms with Crippen LogP contribution in [0.2, 0.25) is 0 Å². The Morgan fingerprint density at radius 3 is 2.60 bits per heavy atom. The van der Waals surface area contributed by atoms with Crippen LogP contribution >= 0.6 is 11.3 Å². The zero-order valence-electron chi connectivity index (χ0n) is 20.3. The summed E-state index contributed by atoms with van der Waals surface area (Å²) in [4.78, 5) is 34.3. The average Bonchev–Trinajstić information content (AvgIpc) is 3.31. The Bertz CT molecular complexity index is 1210. The van der Waals surface area contributed by atoms with Crippen LogP contribution in [0.3, 0.4) is 0 Å². The maximum atomic E-state index is 11.9. The molecule has 2 saturated heterocycles. The number of fused-ring (bicyclic) bond motifs is 1. The van der Waals surface area contributed by atoms with E-state index in [1.165, 1.54) is 4.88 Å². The Balaban J connectivity index is 1.39. The summed E-state index contributed by atoms with van der Waals surface area (Å²) >= 11 is 1.77. The van der Waals surface area contributed by atoms with E-state index in [1.807, 2.05) is 25.3 Å². The second kappa shape index (κ2) is 10.3. The van der Waals surface area contributed by atoms with Crippen LogP contribution in [0.25, 0.3) is 21.6 Å². The van der Waals surface area contributed by atoms with E-state index in [2.05, 4.69) is 37.6 Å². The number of nitrogens with one attached hydrogen (secondary N) is 1. The van der Waals surface area contributed by atoms with E-state index in [4.69, 9.17) is 14.7 Å². The highest BCUT2D eigenvalue weighted by Crippen LogP contribution is 2.35. The van der Waals surface area contributed by atoms with Gasteiger partial charge >= 0.3 is 0 Å². The largest absolute Gasteiger partial charge is 0.378 e. The van der Waals surface area contributed by atoms with Gasteiger partial charge in [-0.3, -0.25) is 14.7 Å². The third-order valence-corrected chi connectivity index (χ3v) is 7.61. The minimum absolute atomic E-state index is 0.114. The molecule has 1 N–H and O–H groups in total. The number of hydrogen-bond donors (Lipinski definition) is 1. The van der Waals surface area contributed by atoms with Crippen molar-refractivity contribution in [1.29, 1.82) is 0 Å². The number of hydrogen-bond acceptors (Lipinski definition) is 9. The molecule has 0 aromatic carbocycles. The zero-order valence-corrected chi connectivity index (χ0v) is 21.1. The van der Waals surface area contributed by atoms with Crippen molar-refractivity contribution in [2.45, 2.75) is 13.5 Å². The van der Waals surface area contributed by atoms with Crippen molar-refractivity contribution in [2.24, 2.45) is 0 Å². The Kier molecular flexibility index (Phi) is 6.94. The third kappa shape index (κ3) is 5.14. The third-order valence-electron chi connectivity index (χ3n) is 6.51. The minimum Gasteiger partial charge on any atom is -0.378 e. The van der Waals surface area contributed by atoms with Gasteiger partial charge in [0, 0.05) is 75.2 Å². The molecule has 5 heterocycles. The Morgan fingerprint density at radius 2 is 1.91 bits per heavy atom. The van der Waals surface area contributed by atoms with Crippen LogP contribution in [0, 0.1) is 6.92 Å². The van der Waals surface area contributed by atoms with Gasteiger partial charge in [0.05, 0.1) is 29.1 Å². The van der Waals surface area contributed by atoms with Crippen LogP contribution in [0.1, 0.15) is 10.6 Å². The normalized spacial score (nSPS) is 17.1.